The van der Waals surface area contributed by atoms with E-state index in [9.17, 15) is 0 Å². The first-order valence-corrected chi connectivity index (χ1v) is 7.59. The number of nitrogens with two attached hydrogens (primary N) is 1. The summed E-state index contributed by atoms with van der Waals surface area (Å²) in [5.74, 6) is 3.38. The lowest BCUT2D eigenvalue weighted by molar-refractivity contribution is 1.19. The van der Waals surface area contributed by atoms with E-state index < -0.39 is 8.07 Å². The average molecular weight is 191 g/mol. The Morgan fingerprint density at radius 2 is 1.85 bits per heavy atom. The van der Waals surface area contributed by atoms with Gasteiger partial charge in [-0.15, -0.1) is 5.54 Å². The molecule has 0 spiro atoms. The van der Waals surface area contributed by atoms with E-state index in [2.05, 4.69) is 41.1 Å². The predicted octanol–water partition coefficient (Wildman–Crippen LogP) is 1.29. The third kappa shape index (κ3) is 3.26. The van der Waals surface area contributed by atoms with Crippen molar-refractivity contribution in [2.24, 2.45) is 0 Å². The van der Waals surface area contributed by atoms with E-state index in [1.807, 2.05) is 0 Å². The minimum absolute atomic E-state index is 0.410. The standard InChI is InChI=1S/C9H13N3Si/c1-13(2,3)7-4-8-9(10)12-6-5-11-8/h5-6H,1-3H3,(H2,10,12). The number of nitrogen functional groups attached to an aromatic ring is 1. The maximum atomic E-state index is 5.59. The van der Waals surface area contributed by atoms with Crippen LogP contribution in [-0.2, 0) is 0 Å². The van der Waals surface area contributed by atoms with Crippen LogP contribution in [0.3, 0.4) is 0 Å². The van der Waals surface area contributed by atoms with Gasteiger partial charge in [-0.05, 0) is 0 Å². The fourth-order valence-corrected chi connectivity index (χ4v) is 1.19. The van der Waals surface area contributed by atoms with Gasteiger partial charge in [0.2, 0.25) is 0 Å². The fraction of sp³-hybridized carbons (Fsp3) is 0.333. The number of nitrogens with zero attached hydrogens (tertiary/aromatic N) is 2. The van der Waals surface area contributed by atoms with Crippen molar-refractivity contribution in [2.45, 2.75) is 19.6 Å². The lowest BCUT2D eigenvalue weighted by atomic mass is 10.4. The van der Waals surface area contributed by atoms with Crippen LogP contribution >= 0.6 is 0 Å². The molecule has 1 aromatic rings. The van der Waals surface area contributed by atoms with E-state index in [1.165, 1.54) is 0 Å². The smallest absolute Gasteiger partial charge is 0.158 e. The summed E-state index contributed by atoms with van der Waals surface area (Å²) in [4.78, 5) is 7.95. The zero-order valence-corrected chi connectivity index (χ0v) is 9.13. The monoisotopic (exact) mass is 191 g/mol. The molecule has 0 aliphatic rings. The molecule has 13 heavy (non-hydrogen) atoms. The van der Waals surface area contributed by atoms with Crippen molar-refractivity contribution in [3.63, 3.8) is 0 Å². The first-order chi connectivity index (χ1) is 5.99. The number of rotatable bonds is 0. The fourth-order valence-electron chi connectivity index (χ4n) is 0.692. The van der Waals surface area contributed by atoms with Crippen molar-refractivity contribution in [2.75, 3.05) is 5.73 Å². The van der Waals surface area contributed by atoms with E-state index in [1.54, 1.807) is 12.4 Å². The molecule has 2 N–H and O–H groups in total. The van der Waals surface area contributed by atoms with E-state index in [0.717, 1.165) is 0 Å². The summed E-state index contributed by atoms with van der Waals surface area (Å²) < 4.78 is 0. The average Bonchev–Trinajstić information content (AvgIpc) is 2.01. The van der Waals surface area contributed by atoms with Gasteiger partial charge in [-0.3, -0.25) is 0 Å². The number of anilines is 1. The highest BCUT2D eigenvalue weighted by molar-refractivity contribution is 6.83. The van der Waals surface area contributed by atoms with Crippen LogP contribution < -0.4 is 5.73 Å². The third-order valence-electron chi connectivity index (χ3n) is 1.28. The normalized spacial score (nSPS) is 10.4. The Kier molecular flexibility index (Phi) is 2.68. The highest BCUT2D eigenvalue weighted by atomic mass is 28.3. The first-order valence-electron chi connectivity index (χ1n) is 4.09. The summed E-state index contributed by atoms with van der Waals surface area (Å²) in [6, 6.07) is 0. The Morgan fingerprint density at radius 3 is 2.38 bits per heavy atom. The Balaban J connectivity index is 2.97. The molecule has 1 aromatic heterocycles. The molecule has 0 fully saturated rings. The van der Waals surface area contributed by atoms with Crippen LogP contribution in [0.15, 0.2) is 12.4 Å². The second-order valence-corrected chi connectivity index (χ2v) is 8.54. The molecule has 0 amide bonds. The van der Waals surface area contributed by atoms with E-state index in [-0.39, 0.29) is 0 Å². The second kappa shape index (κ2) is 3.58. The van der Waals surface area contributed by atoms with E-state index in [0.29, 0.717) is 11.5 Å². The molecule has 0 atom stereocenters. The first kappa shape index (κ1) is 9.74. The van der Waals surface area contributed by atoms with Crippen molar-refractivity contribution >= 4 is 13.9 Å². The molecular weight excluding hydrogens is 178 g/mol. The quantitative estimate of drug-likeness (QED) is 0.496. The summed E-state index contributed by atoms with van der Waals surface area (Å²) in [5.41, 5.74) is 9.36. The molecule has 0 saturated carbocycles. The Hall–Kier alpha value is -1.34. The zero-order valence-electron chi connectivity index (χ0n) is 8.13. The van der Waals surface area contributed by atoms with Gasteiger partial charge in [0.05, 0.1) is 0 Å². The molecule has 1 rings (SSSR count). The van der Waals surface area contributed by atoms with Gasteiger partial charge in [-0.2, -0.15) is 0 Å². The van der Waals surface area contributed by atoms with Crippen molar-refractivity contribution in [3.05, 3.63) is 18.1 Å². The minimum Gasteiger partial charge on any atom is -0.381 e. The predicted molar refractivity (Wildman–Crippen MR) is 56.7 cm³/mol. The molecule has 3 nitrogen and oxygen atoms in total. The van der Waals surface area contributed by atoms with Gasteiger partial charge in [0.25, 0.3) is 0 Å². The van der Waals surface area contributed by atoms with Crippen LogP contribution in [-0.4, -0.2) is 18.0 Å². The molecule has 0 aliphatic carbocycles. The maximum Gasteiger partial charge on any atom is 0.158 e. The summed E-state index contributed by atoms with van der Waals surface area (Å²) in [5, 5.41) is 0. The number of hydrogen-bond acceptors (Lipinski definition) is 3. The molecular formula is C9H13N3Si. The topological polar surface area (TPSA) is 51.8 Å². The maximum absolute atomic E-state index is 5.59. The summed E-state index contributed by atoms with van der Waals surface area (Å²) in [7, 11) is -1.35. The molecule has 0 radical (unpaired) electrons. The molecule has 0 aromatic carbocycles. The largest absolute Gasteiger partial charge is 0.381 e. The Bertz CT molecular complexity index is 357. The van der Waals surface area contributed by atoms with Crippen molar-refractivity contribution < 1.29 is 0 Å². The highest BCUT2D eigenvalue weighted by Crippen LogP contribution is 2.02. The van der Waals surface area contributed by atoms with Gasteiger partial charge < -0.3 is 5.73 Å². The number of aromatic nitrogens is 2. The van der Waals surface area contributed by atoms with Gasteiger partial charge in [-0.25, -0.2) is 9.97 Å². The molecule has 0 unspecified atom stereocenters. The van der Waals surface area contributed by atoms with Crippen LogP contribution in [0.2, 0.25) is 19.6 Å². The van der Waals surface area contributed by atoms with Crippen molar-refractivity contribution in [1.29, 1.82) is 0 Å². The van der Waals surface area contributed by atoms with E-state index in [4.69, 9.17) is 5.73 Å². The summed E-state index contributed by atoms with van der Waals surface area (Å²) in [6.07, 6.45) is 3.17. The van der Waals surface area contributed by atoms with E-state index >= 15 is 0 Å². The van der Waals surface area contributed by atoms with Gasteiger partial charge in [0, 0.05) is 12.4 Å². The van der Waals surface area contributed by atoms with Crippen LogP contribution in [0.25, 0.3) is 0 Å². The van der Waals surface area contributed by atoms with Gasteiger partial charge in [0.15, 0.2) is 11.5 Å². The molecule has 1 heterocycles. The summed E-state index contributed by atoms with van der Waals surface area (Å²) in [6.45, 7) is 6.52. The molecule has 68 valence electrons. The Morgan fingerprint density at radius 1 is 1.23 bits per heavy atom. The van der Waals surface area contributed by atoms with Crippen LogP contribution in [0.4, 0.5) is 5.82 Å². The van der Waals surface area contributed by atoms with Crippen molar-refractivity contribution in [3.8, 4) is 11.5 Å². The number of hydrogen-bond donors (Lipinski definition) is 1. The Labute approximate surface area is 79.4 Å². The van der Waals surface area contributed by atoms with Crippen molar-refractivity contribution in [1.82, 2.24) is 9.97 Å². The van der Waals surface area contributed by atoms with Crippen LogP contribution in [0.1, 0.15) is 5.69 Å². The van der Waals surface area contributed by atoms with Crippen LogP contribution in [0, 0.1) is 11.5 Å². The zero-order chi connectivity index (χ0) is 9.90. The second-order valence-electron chi connectivity index (χ2n) is 3.79. The lowest BCUT2D eigenvalue weighted by Crippen LogP contribution is -2.16. The highest BCUT2D eigenvalue weighted by Gasteiger charge is 2.08. The van der Waals surface area contributed by atoms with Gasteiger partial charge >= 0.3 is 0 Å². The minimum atomic E-state index is -1.35. The molecule has 0 saturated heterocycles. The molecule has 0 bridgehead atoms. The molecule has 0 aliphatic heterocycles. The lowest BCUT2D eigenvalue weighted by Gasteiger charge is -2.03. The SMILES string of the molecule is C[Si](C)(C)C#Cc1nccnc1N. The summed E-state index contributed by atoms with van der Waals surface area (Å²) >= 11 is 0. The van der Waals surface area contributed by atoms with Crippen LogP contribution in [0.5, 0.6) is 0 Å². The third-order valence-corrected chi connectivity index (χ3v) is 2.16. The van der Waals surface area contributed by atoms with Gasteiger partial charge in [-0.1, -0.05) is 25.6 Å². The molecule has 4 heteroatoms. The van der Waals surface area contributed by atoms with Gasteiger partial charge in [0.1, 0.15) is 8.07 Å².